The van der Waals surface area contributed by atoms with Gasteiger partial charge < -0.3 is 15.1 Å². The number of aromatic nitrogens is 2. The molecule has 3 aliphatic heterocycles. The van der Waals surface area contributed by atoms with Crippen LogP contribution in [0.25, 0.3) is 0 Å². The summed E-state index contributed by atoms with van der Waals surface area (Å²) >= 11 is 0. The summed E-state index contributed by atoms with van der Waals surface area (Å²) in [6.07, 6.45) is 5.81. The normalized spacial score (nSPS) is 24.4. The highest BCUT2D eigenvalue weighted by atomic mass is 16.2. The Bertz CT molecular complexity index is 599. The number of nitrogens with zero attached hydrogens (tertiary/aromatic N) is 4. The molecule has 0 aliphatic carbocycles. The van der Waals surface area contributed by atoms with Crippen molar-refractivity contribution in [3.63, 3.8) is 0 Å². The van der Waals surface area contributed by atoms with E-state index in [9.17, 15) is 4.79 Å². The fourth-order valence-corrected chi connectivity index (χ4v) is 4.75. The number of aryl methyl sites for hydroxylation is 1. The van der Waals surface area contributed by atoms with Crippen LogP contribution in [0.5, 0.6) is 0 Å². The van der Waals surface area contributed by atoms with Crippen molar-refractivity contribution in [2.24, 2.45) is 5.92 Å². The molecule has 4 heterocycles. The first-order chi connectivity index (χ1) is 12.2. The summed E-state index contributed by atoms with van der Waals surface area (Å²) in [6, 6.07) is 2.54. The van der Waals surface area contributed by atoms with Crippen LogP contribution in [0.4, 0.5) is 0 Å². The lowest BCUT2D eigenvalue weighted by atomic mass is 9.95. The standard InChI is InChI=1S/C19H31N5O/c1-15-12-18-6-11-23(19(25)14-24(18)21-15)17-4-9-22(10-5-17)13-16-2-7-20-8-3-16/h12,16-17,20H,2-11,13-14H2,1H3. The number of amides is 1. The van der Waals surface area contributed by atoms with E-state index < -0.39 is 0 Å². The molecule has 2 fully saturated rings. The Morgan fingerprint density at radius 3 is 2.68 bits per heavy atom. The van der Waals surface area contributed by atoms with Crippen molar-refractivity contribution in [2.75, 3.05) is 39.3 Å². The molecule has 0 radical (unpaired) electrons. The Kier molecular flexibility index (Phi) is 5.08. The number of hydrogen-bond acceptors (Lipinski definition) is 4. The van der Waals surface area contributed by atoms with Crippen molar-refractivity contribution < 1.29 is 4.79 Å². The van der Waals surface area contributed by atoms with E-state index in [-0.39, 0.29) is 5.91 Å². The largest absolute Gasteiger partial charge is 0.338 e. The van der Waals surface area contributed by atoms with Gasteiger partial charge in [0.2, 0.25) is 5.91 Å². The monoisotopic (exact) mass is 345 g/mol. The fourth-order valence-electron chi connectivity index (χ4n) is 4.75. The average Bonchev–Trinajstić information content (AvgIpc) is 2.89. The third-order valence-corrected chi connectivity index (χ3v) is 6.17. The summed E-state index contributed by atoms with van der Waals surface area (Å²) in [4.78, 5) is 17.5. The second kappa shape index (κ2) is 7.46. The van der Waals surface area contributed by atoms with Crippen molar-refractivity contribution in [1.29, 1.82) is 0 Å². The summed E-state index contributed by atoms with van der Waals surface area (Å²) in [5.74, 6) is 1.11. The Hall–Kier alpha value is -1.40. The van der Waals surface area contributed by atoms with E-state index in [0.717, 1.165) is 50.5 Å². The lowest BCUT2D eigenvalue weighted by Crippen LogP contribution is -2.49. The van der Waals surface area contributed by atoms with Crippen molar-refractivity contribution in [1.82, 2.24) is 24.9 Å². The topological polar surface area (TPSA) is 53.4 Å². The van der Waals surface area contributed by atoms with Gasteiger partial charge in [-0.2, -0.15) is 5.10 Å². The van der Waals surface area contributed by atoms with Gasteiger partial charge in [0.05, 0.1) is 5.69 Å². The first-order valence-electron chi connectivity index (χ1n) is 9.95. The number of hydrogen-bond donors (Lipinski definition) is 1. The Balaban J connectivity index is 1.30. The first-order valence-corrected chi connectivity index (χ1v) is 9.95. The first kappa shape index (κ1) is 17.0. The minimum atomic E-state index is 0.249. The summed E-state index contributed by atoms with van der Waals surface area (Å²) < 4.78 is 1.91. The third-order valence-electron chi connectivity index (χ3n) is 6.17. The van der Waals surface area contributed by atoms with Gasteiger partial charge in [0.25, 0.3) is 0 Å². The summed E-state index contributed by atoms with van der Waals surface area (Å²) in [5.41, 5.74) is 2.22. The molecular weight excluding hydrogens is 314 g/mol. The van der Waals surface area contributed by atoms with Gasteiger partial charge >= 0.3 is 0 Å². The van der Waals surface area contributed by atoms with Gasteiger partial charge in [-0.1, -0.05) is 0 Å². The molecule has 0 unspecified atom stereocenters. The molecule has 1 N–H and O–H groups in total. The third kappa shape index (κ3) is 3.90. The molecule has 1 aromatic heterocycles. The van der Waals surface area contributed by atoms with Gasteiger partial charge in [0.15, 0.2) is 0 Å². The molecule has 138 valence electrons. The zero-order chi connectivity index (χ0) is 17.2. The minimum Gasteiger partial charge on any atom is -0.338 e. The predicted octanol–water partition coefficient (Wildman–Crippen LogP) is 1.04. The molecule has 0 atom stereocenters. The molecule has 0 bridgehead atoms. The van der Waals surface area contributed by atoms with E-state index in [1.165, 1.54) is 38.2 Å². The van der Waals surface area contributed by atoms with Crippen LogP contribution in [0.15, 0.2) is 6.07 Å². The Morgan fingerprint density at radius 1 is 1.16 bits per heavy atom. The molecule has 2 saturated heterocycles. The van der Waals surface area contributed by atoms with Crippen LogP contribution in [0.3, 0.4) is 0 Å². The second-order valence-corrected chi connectivity index (χ2v) is 8.00. The van der Waals surface area contributed by atoms with Crippen LogP contribution < -0.4 is 5.32 Å². The lowest BCUT2D eigenvalue weighted by molar-refractivity contribution is -0.134. The van der Waals surface area contributed by atoms with Crippen LogP contribution in [0.1, 0.15) is 37.1 Å². The zero-order valence-corrected chi connectivity index (χ0v) is 15.4. The van der Waals surface area contributed by atoms with Gasteiger partial charge in [0.1, 0.15) is 6.54 Å². The Morgan fingerprint density at radius 2 is 1.92 bits per heavy atom. The maximum Gasteiger partial charge on any atom is 0.244 e. The van der Waals surface area contributed by atoms with Gasteiger partial charge in [-0.3, -0.25) is 9.48 Å². The van der Waals surface area contributed by atoms with Crippen LogP contribution >= 0.6 is 0 Å². The number of rotatable bonds is 3. The lowest BCUT2D eigenvalue weighted by Gasteiger charge is -2.39. The van der Waals surface area contributed by atoms with Crippen molar-refractivity contribution in [3.8, 4) is 0 Å². The van der Waals surface area contributed by atoms with Crippen LogP contribution in [0, 0.1) is 12.8 Å². The predicted molar refractivity (Wildman–Crippen MR) is 97.4 cm³/mol. The van der Waals surface area contributed by atoms with Crippen LogP contribution in [0.2, 0.25) is 0 Å². The number of likely N-dealkylation sites (tertiary alicyclic amines) is 1. The highest BCUT2D eigenvalue weighted by Crippen LogP contribution is 2.22. The molecule has 1 aromatic rings. The zero-order valence-electron chi connectivity index (χ0n) is 15.4. The van der Waals surface area contributed by atoms with Gasteiger partial charge in [-0.25, -0.2) is 0 Å². The van der Waals surface area contributed by atoms with Crippen molar-refractivity contribution in [3.05, 3.63) is 17.5 Å². The average molecular weight is 345 g/mol. The van der Waals surface area contributed by atoms with E-state index in [0.29, 0.717) is 12.6 Å². The summed E-state index contributed by atoms with van der Waals surface area (Å²) in [5, 5.41) is 7.93. The maximum atomic E-state index is 12.7. The fraction of sp³-hybridized carbons (Fsp3) is 0.789. The van der Waals surface area contributed by atoms with Crippen molar-refractivity contribution >= 4 is 5.91 Å². The molecule has 1 amide bonds. The smallest absolute Gasteiger partial charge is 0.244 e. The molecular formula is C19H31N5O. The number of piperidine rings is 2. The van der Waals surface area contributed by atoms with Crippen LogP contribution in [-0.2, 0) is 17.8 Å². The van der Waals surface area contributed by atoms with E-state index in [2.05, 4.69) is 26.3 Å². The van der Waals surface area contributed by atoms with Crippen molar-refractivity contribution in [2.45, 2.75) is 51.6 Å². The van der Waals surface area contributed by atoms with Gasteiger partial charge in [-0.15, -0.1) is 0 Å². The minimum absolute atomic E-state index is 0.249. The number of carbonyl (C=O) groups excluding carboxylic acids is 1. The van der Waals surface area contributed by atoms with Crippen LogP contribution in [-0.4, -0.2) is 70.8 Å². The maximum absolute atomic E-state index is 12.7. The molecule has 4 rings (SSSR count). The highest BCUT2D eigenvalue weighted by molar-refractivity contribution is 5.76. The molecule has 0 spiro atoms. The molecule has 0 aromatic carbocycles. The number of fused-ring (bicyclic) bond motifs is 1. The molecule has 3 aliphatic rings. The van der Waals surface area contributed by atoms with E-state index in [1.54, 1.807) is 0 Å². The molecule has 6 nitrogen and oxygen atoms in total. The molecule has 6 heteroatoms. The van der Waals surface area contributed by atoms with Gasteiger partial charge in [0, 0.05) is 44.3 Å². The molecule has 0 saturated carbocycles. The summed E-state index contributed by atoms with van der Waals surface area (Å²) in [6.45, 7) is 9.15. The highest BCUT2D eigenvalue weighted by Gasteiger charge is 2.31. The Labute approximate surface area is 150 Å². The van der Waals surface area contributed by atoms with E-state index in [1.807, 2.05) is 11.6 Å². The molecule has 25 heavy (non-hydrogen) atoms. The number of carbonyl (C=O) groups is 1. The van der Waals surface area contributed by atoms with E-state index >= 15 is 0 Å². The summed E-state index contributed by atoms with van der Waals surface area (Å²) in [7, 11) is 0. The second-order valence-electron chi connectivity index (χ2n) is 8.00. The SMILES string of the molecule is Cc1cc2n(n1)CC(=O)N(C1CCN(CC3CCNCC3)CC1)CC2. The van der Waals surface area contributed by atoms with Gasteiger partial charge in [-0.05, 0) is 57.7 Å². The van der Waals surface area contributed by atoms with E-state index in [4.69, 9.17) is 0 Å². The number of nitrogens with one attached hydrogen (secondary N) is 1. The quantitative estimate of drug-likeness (QED) is 0.889.